The van der Waals surface area contributed by atoms with Gasteiger partial charge in [0.05, 0.1) is 6.04 Å². The van der Waals surface area contributed by atoms with E-state index in [1.807, 2.05) is 24.3 Å². The second kappa shape index (κ2) is 10.5. The minimum Gasteiger partial charge on any atom is -0.481 e. The molecule has 1 N–H and O–H groups in total. The van der Waals surface area contributed by atoms with Crippen molar-refractivity contribution in [2.45, 2.75) is 38.6 Å². The number of unbranched alkanes of at least 4 members (excludes halogenated alkanes) is 1. The first kappa shape index (κ1) is 19.8. The number of halogens is 1. The average Bonchev–Trinajstić information content (AvgIpc) is 2.60. The Bertz CT molecular complexity index is 616. The molecule has 2 rings (SSSR count). The van der Waals surface area contributed by atoms with Crippen LogP contribution in [0.2, 0.25) is 5.02 Å². The molecule has 0 radical (unpaired) electrons. The Morgan fingerprint density at radius 3 is 2.68 bits per heavy atom. The van der Waals surface area contributed by atoms with Gasteiger partial charge in [-0.15, -0.1) is 0 Å². The maximum Gasteiger partial charge on any atom is 0.303 e. The maximum absolute atomic E-state index is 10.5. The lowest BCUT2D eigenvalue weighted by Gasteiger charge is -2.37. The summed E-state index contributed by atoms with van der Waals surface area (Å²) in [6.07, 6.45) is 3.00. The monoisotopic (exact) mass is 362 g/mol. The van der Waals surface area contributed by atoms with Crippen LogP contribution in [0.4, 0.5) is 0 Å². The smallest absolute Gasteiger partial charge is 0.303 e. The molecule has 1 aromatic carbocycles. The van der Waals surface area contributed by atoms with E-state index in [4.69, 9.17) is 16.7 Å². The molecule has 0 aromatic heterocycles. The summed E-state index contributed by atoms with van der Waals surface area (Å²) in [6.45, 7) is 7.26. The van der Waals surface area contributed by atoms with E-state index >= 15 is 0 Å². The third-order valence-corrected chi connectivity index (χ3v) is 4.79. The predicted octanol–water partition coefficient (Wildman–Crippen LogP) is 3.34. The summed E-state index contributed by atoms with van der Waals surface area (Å²) >= 11 is 6.01. The zero-order valence-electron chi connectivity index (χ0n) is 14.9. The highest BCUT2D eigenvalue weighted by Crippen LogP contribution is 2.12. The Balaban J connectivity index is 1.79. The number of hydrogen-bond acceptors (Lipinski definition) is 3. The first-order chi connectivity index (χ1) is 12.1. The van der Waals surface area contributed by atoms with E-state index in [0.29, 0.717) is 0 Å². The molecule has 136 valence electrons. The van der Waals surface area contributed by atoms with E-state index < -0.39 is 5.97 Å². The van der Waals surface area contributed by atoms with Gasteiger partial charge in [-0.1, -0.05) is 36.4 Å². The normalized spacial score (nSPS) is 16.9. The molecular formula is C20H27ClN2O2. The molecule has 0 aliphatic carbocycles. The maximum atomic E-state index is 10.5. The summed E-state index contributed by atoms with van der Waals surface area (Å²) in [6, 6.07) is 7.95. The minimum atomic E-state index is -0.700. The Hall–Kier alpha value is -1.54. The van der Waals surface area contributed by atoms with E-state index in [9.17, 15) is 4.79 Å². The van der Waals surface area contributed by atoms with Crippen LogP contribution < -0.4 is 0 Å². The van der Waals surface area contributed by atoms with Gasteiger partial charge < -0.3 is 10.0 Å². The summed E-state index contributed by atoms with van der Waals surface area (Å²) in [5.74, 6) is 5.95. The van der Waals surface area contributed by atoms with Gasteiger partial charge in [0.25, 0.3) is 0 Å². The standard InChI is InChI=1S/C20H27ClN2O2/c1-2-19(10-9-17-6-5-7-18(21)16-17)23-14-12-22(13-15-23)11-4-3-8-20(24)25/h5-7,16,19H,2-4,8,11-15H2,1H3,(H,24,25). The molecule has 0 saturated carbocycles. The number of carboxylic acid groups (broad SMARTS) is 1. The minimum absolute atomic E-state index is 0.271. The fraction of sp³-hybridized carbons (Fsp3) is 0.550. The van der Waals surface area contributed by atoms with Gasteiger partial charge >= 0.3 is 5.97 Å². The molecule has 5 heteroatoms. The van der Waals surface area contributed by atoms with Gasteiger partial charge in [0.1, 0.15) is 0 Å². The first-order valence-corrected chi connectivity index (χ1v) is 9.41. The largest absolute Gasteiger partial charge is 0.481 e. The lowest BCUT2D eigenvalue weighted by molar-refractivity contribution is -0.137. The van der Waals surface area contributed by atoms with Crippen LogP contribution in [0.1, 0.15) is 38.2 Å². The van der Waals surface area contributed by atoms with Crippen molar-refractivity contribution in [2.24, 2.45) is 0 Å². The highest BCUT2D eigenvalue weighted by atomic mass is 35.5. The van der Waals surface area contributed by atoms with E-state index in [-0.39, 0.29) is 12.5 Å². The van der Waals surface area contributed by atoms with Crippen LogP contribution in [-0.4, -0.2) is 59.6 Å². The third-order valence-electron chi connectivity index (χ3n) is 4.56. The topological polar surface area (TPSA) is 43.8 Å². The van der Waals surface area contributed by atoms with Crippen molar-refractivity contribution in [3.05, 3.63) is 34.9 Å². The van der Waals surface area contributed by atoms with Gasteiger partial charge in [0.2, 0.25) is 0 Å². The van der Waals surface area contributed by atoms with Gasteiger partial charge in [-0.05, 0) is 44.0 Å². The molecule has 1 heterocycles. The lowest BCUT2D eigenvalue weighted by Crippen LogP contribution is -2.50. The highest BCUT2D eigenvalue weighted by molar-refractivity contribution is 6.30. The third kappa shape index (κ3) is 7.07. The molecule has 25 heavy (non-hydrogen) atoms. The van der Waals surface area contributed by atoms with Crippen LogP contribution in [0.3, 0.4) is 0 Å². The van der Waals surface area contributed by atoms with Gasteiger partial charge in [-0.25, -0.2) is 0 Å². The van der Waals surface area contributed by atoms with Gasteiger partial charge in [-0.2, -0.15) is 0 Å². The average molecular weight is 363 g/mol. The van der Waals surface area contributed by atoms with E-state index in [2.05, 4.69) is 28.6 Å². The second-order valence-electron chi connectivity index (χ2n) is 6.43. The molecule has 1 saturated heterocycles. The Kier molecular flexibility index (Phi) is 8.27. The molecule has 1 atom stereocenters. The zero-order valence-corrected chi connectivity index (χ0v) is 15.6. The van der Waals surface area contributed by atoms with Crippen LogP contribution >= 0.6 is 11.6 Å². The van der Waals surface area contributed by atoms with Crippen molar-refractivity contribution in [3.63, 3.8) is 0 Å². The van der Waals surface area contributed by atoms with Crippen molar-refractivity contribution in [1.29, 1.82) is 0 Å². The molecule has 1 aliphatic rings. The summed E-state index contributed by atoms with van der Waals surface area (Å²) in [7, 11) is 0. The molecule has 1 unspecified atom stereocenters. The number of benzene rings is 1. The molecule has 4 nitrogen and oxygen atoms in total. The molecule has 0 spiro atoms. The second-order valence-corrected chi connectivity index (χ2v) is 6.87. The number of aliphatic carboxylic acids is 1. The highest BCUT2D eigenvalue weighted by Gasteiger charge is 2.21. The van der Waals surface area contributed by atoms with E-state index in [0.717, 1.165) is 62.6 Å². The Morgan fingerprint density at radius 1 is 1.28 bits per heavy atom. The number of nitrogens with zero attached hydrogens (tertiary/aromatic N) is 2. The number of carboxylic acids is 1. The zero-order chi connectivity index (χ0) is 18.1. The van der Waals surface area contributed by atoms with Crippen molar-refractivity contribution in [1.82, 2.24) is 9.80 Å². The summed E-state index contributed by atoms with van der Waals surface area (Å²) in [4.78, 5) is 15.4. The lowest BCUT2D eigenvalue weighted by atomic mass is 10.1. The molecule has 1 aromatic rings. The SMILES string of the molecule is CCC(C#Cc1cccc(Cl)c1)N1CCN(CCCCC(=O)O)CC1. The number of carbonyl (C=O) groups is 1. The van der Waals surface area contributed by atoms with Crippen LogP contribution in [0, 0.1) is 11.8 Å². The van der Waals surface area contributed by atoms with Crippen LogP contribution in [-0.2, 0) is 4.79 Å². The Labute approximate surface area is 155 Å². The molecular weight excluding hydrogens is 336 g/mol. The quantitative estimate of drug-likeness (QED) is 0.596. The Morgan fingerprint density at radius 2 is 2.04 bits per heavy atom. The predicted molar refractivity (Wildman–Crippen MR) is 102 cm³/mol. The van der Waals surface area contributed by atoms with Gasteiger partial charge in [0, 0.05) is 43.2 Å². The van der Waals surface area contributed by atoms with Crippen molar-refractivity contribution < 1.29 is 9.90 Å². The van der Waals surface area contributed by atoms with E-state index in [1.165, 1.54) is 0 Å². The molecule has 1 aliphatic heterocycles. The fourth-order valence-electron chi connectivity index (χ4n) is 3.09. The fourth-order valence-corrected chi connectivity index (χ4v) is 3.28. The molecule has 1 fully saturated rings. The van der Waals surface area contributed by atoms with Gasteiger partial charge in [0.15, 0.2) is 0 Å². The number of rotatable bonds is 7. The summed E-state index contributed by atoms with van der Waals surface area (Å²) < 4.78 is 0. The summed E-state index contributed by atoms with van der Waals surface area (Å²) in [5.41, 5.74) is 0.961. The van der Waals surface area contributed by atoms with Crippen molar-refractivity contribution in [3.8, 4) is 11.8 Å². The molecule has 0 amide bonds. The van der Waals surface area contributed by atoms with Crippen LogP contribution in [0.15, 0.2) is 24.3 Å². The number of hydrogen-bond donors (Lipinski definition) is 1. The van der Waals surface area contributed by atoms with Crippen molar-refractivity contribution in [2.75, 3.05) is 32.7 Å². The van der Waals surface area contributed by atoms with Crippen LogP contribution in [0.25, 0.3) is 0 Å². The van der Waals surface area contributed by atoms with Crippen LogP contribution in [0.5, 0.6) is 0 Å². The number of piperazine rings is 1. The van der Waals surface area contributed by atoms with Gasteiger partial charge in [-0.3, -0.25) is 9.69 Å². The van der Waals surface area contributed by atoms with E-state index in [1.54, 1.807) is 0 Å². The van der Waals surface area contributed by atoms with Crippen molar-refractivity contribution >= 4 is 17.6 Å². The molecule has 0 bridgehead atoms. The summed E-state index contributed by atoms with van der Waals surface area (Å²) in [5, 5.41) is 9.40. The first-order valence-electron chi connectivity index (χ1n) is 9.04.